The molecular formula is C21H19ClN4O4. The highest BCUT2D eigenvalue weighted by Gasteiger charge is 2.13. The minimum Gasteiger partial charge on any atom is -0.355 e. The molecule has 8 nitrogen and oxygen atoms in total. The molecule has 0 aliphatic carbocycles. The Balaban J connectivity index is 1.82. The van der Waals surface area contributed by atoms with Crippen LogP contribution >= 0.6 is 11.6 Å². The van der Waals surface area contributed by atoms with Crippen molar-refractivity contribution in [1.82, 2.24) is 14.5 Å². The van der Waals surface area contributed by atoms with Gasteiger partial charge in [0.25, 0.3) is 11.5 Å². The second kappa shape index (κ2) is 9.23. The number of benzene rings is 2. The van der Waals surface area contributed by atoms with E-state index in [1.807, 2.05) is 30.3 Å². The molecule has 0 bridgehead atoms. The van der Waals surface area contributed by atoms with E-state index in [0.29, 0.717) is 5.56 Å². The lowest BCUT2D eigenvalue weighted by molar-refractivity contribution is -0.116. The summed E-state index contributed by atoms with van der Waals surface area (Å²) >= 11 is 6.09. The quantitative estimate of drug-likeness (QED) is 0.626. The van der Waals surface area contributed by atoms with Crippen LogP contribution in [0.15, 0.2) is 70.4 Å². The number of hydrogen-bond donors (Lipinski definition) is 2. The van der Waals surface area contributed by atoms with Crippen LogP contribution in [0.5, 0.6) is 0 Å². The van der Waals surface area contributed by atoms with Gasteiger partial charge >= 0.3 is 5.69 Å². The van der Waals surface area contributed by atoms with E-state index in [9.17, 15) is 19.2 Å². The van der Waals surface area contributed by atoms with Gasteiger partial charge in [-0.1, -0.05) is 41.9 Å². The fourth-order valence-corrected chi connectivity index (χ4v) is 3.01. The Morgan fingerprint density at radius 3 is 2.47 bits per heavy atom. The Morgan fingerprint density at radius 2 is 1.77 bits per heavy atom. The number of carbonyl (C=O) groups is 2. The molecule has 0 aliphatic heterocycles. The Hall–Kier alpha value is -3.65. The van der Waals surface area contributed by atoms with Gasteiger partial charge < -0.3 is 10.6 Å². The molecule has 1 aromatic heterocycles. The van der Waals surface area contributed by atoms with E-state index in [4.69, 9.17) is 11.6 Å². The third-order valence-corrected chi connectivity index (χ3v) is 4.70. The number of nitrogens with zero attached hydrogens (tertiary/aromatic N) is 2. The van der Waals surface area contributed by atoms with Crippen molar-refractivity contribution in [2.75, 3.05) is 12.4 Å². The lowest BCUT2D eigenvalue weighted by Gasteiger charge is -2.12. The maximum absolute atomic E-state index is 12.7. The second-order valence-corrected chi connectivity index (χ2v) is 6.87. The number of nitrogens with one attached hydrogen (secondary N) is 2. The van der Waals surface area contributed by atoms with Crippen molar-refractivity contribution in [3.05, 3.63) is 97.8 Å². The van der Waals surface area contributed by atoms with Gasteiger partial charge in [-0.25, -0.2) is 4.79 Å². The molecule has 2 aromatic carbocycles. The topological polar surface area (TPSA) is 102 Å². The zero-order chi connectivity index (χ0) is 21.7. The smallest absolute Gasteiger partial charge is 0.331 e. The summed E-state index contributed by atoms with van der Waals surface area (Å²) in [5, 5.41) is 5.24. The summed E-state index contributed by atoms with van der Waals surface area (Å²) in [6.45, 7) is -0.227. The Morgan fingerprint density at radius 1 is 1.03 bits per heavy atom. The van der Waals surface area contributed by atoms with Gasteiger partial charge in [-0.15, -0.1) is 0 Å². The van der Waals surface area contributed by atoms with Crippen LogP contribution in [0.3, 0.4) is 0 Å². The number of aromatic nitrogens is 2. The average Bonchev–Trinajstić information content (AvgIpc) is 2.75. The molecule has 0 unspecified atom stereocenters. The second-order valence-electron chi connectivity index (χ2n) is 6.46. The summed E-state index contributed by atoms with van der Waals surface area (Å²) < 4.78 is 2.19. The van der Waals surface area contributed by atoms with Crippen LogP contribution in [0.4, 0.5) is 5.69 Å². The van der Waals surface area contributed by atoms with Crippen molar-refractivity contribution < 1.29 is 9.59 Å². The first kappa shape index (κ1) is 21.1. The number of carbonyl (C=O) groups excluding carboxylic acids is 2. The predicted octanol–water partition coefficient (Wildman–Crippen LogP) is 1.71. The monoisotopic (exact) mass is 426 g/mol. The van der Waals surface area contributed by atoms with Crippen LogP contribution in [0.2, 0.25) is 5.02 Å². The van der Waals surface area contributed by atoms with Gasteiger partial charge in [0.15, 0.2) is 0 Å². The largest absolute Gasteiger partial charge is 0.355 e. The summed E-state index contributed by atoms with van der Waals surface area (Å²) in [6, 6.07) is 14.9. The number of halogens is 1. The number of hydrogen-bond acceptors (Lipinski definition) is 4. The van der Waals surface area contributed by atoms with Crippen LogP contribution in [-0.2, 0) is 17.9 Å². The minimum atomic E-state index is -0.623. The van der Waals surface area contributed by atoms with E-state index < -0.39 is 23.7 Å². The molecule has 3 aromatic rings. The molecule has 0 radical (unpaired) electrons. The molecule has 0 saturated carbocycles. The Kier molecular flexibility index (Phi) is 6.48. The van der Waals surface area contributed by atoms with Crippen LogP contribution < -0.4 is 21.9 Å². The predicted molar refractivity (Wildman–Crippen MR) is 114 cm³/mol. The van der Waals surface area contributed by atoms with Gasteiger partial charge in [-0.2, -0.15) is 0 Å². The third kappa shape index (κ3) is 4.84. The first-order chi connectivity index (χ1) is 14.4. The van der Waals surface area contributed by atoms with Crippen molar-refractivity contribution >= 4 is 29.1 Å². The van der Waals surface area contributed by atoms with Gasteiger partial charge in [-0.05, 0) is 23.8 Å². The third-order valence-electron chi connectivity index (χ3n) is 4.37. The van der Waals surface area contributed by atoms with E-state index in [1.165, 1.54) is 42.1 Å². The first-order valence-electron chi connectivity index (χ1n) is 9.04. The molecule has 30 heavy (non-hydrogen) atoms. The van der Waals surface area contributed by atoms with Crippen molar-refractivity contribution in [3.8, 4) is 0 Å². The molecule has 0 spiro atoms. The van der Waals surface area contributed by atoms with E-state index in [2.05, 4.69) is 10.6 Å². The Labute approximate surface area is 176 Å². The van der Waals surface area contributed by atoms with Crippen molar-refractivity contribution in [3.63, 3.8) is 0 Å². The van der Waals surface area contributed by atoms with E-state index in [0.717, 1.165) is 10.1 Å². The van der Waals surface area contributed by atoms with Crippen molar-refractivity contribution in [2.24, 2.45) is 0 Å². The zero-order valence-corrected chi connectivity index (χ0v) is 16.8. The molecule has 3 rings (SSSR count). The lowest BCUT2D eigenvalue weighted by atomic mass is 10.2. The summed E-state index contributed by atoms with van der Waals surface area (Å²) in [5.74, 6) is -0.965. The molecule has 9 heteroatoms. The van der Waals surface area contributed by atoms with Crippen LogP contribution in [0.25, 0.3) is 0 Å². The fraction of sp³-hybridized carbons (Fsp3) is 0.143. The highest BCUT2D eigenvalue weighted by atomic mass is 35.5. The van der Waals surface area contributed by atoms with Gasteiger partial charge in [0.05, 0.1) is 17.3 Å². The summed E-state index contributed by atoms with van der Waals surface area (Å²) in [4.78, 5) is 49.1. The normalized spacial score (nSPS) is 10.5. The van der Waals surface area contributed by atoms with Gasteiger partial charge in [0.1, 0.15) is 6.54 Å². The van der Waals surface area contributed by atoms with E-state index in [1.54, 1.807) is 0 Å². The summed E-state index contributed by atoms with van der Waals surface area (Å²) in [5.41, 5.74) is 0.194. The maximum atomic E-state index is 12.7. The average molecular weight is 427 g/mol. The summed E-state index contributed by atoms with van der Waals surface area (Å²) in [7, 11) is 1.48. The number of amides is 2. The molecule has 0 fully saturated rings. The molecular weight excluding hydrogens is 408 g/mol. The van der Waals surface area contributed by atoms with E-state index in [-0.39, 0.29) is 23.2 Å². The fourth-order valence-electron chi connectivity index (χ4n) is 2.84. The van der Waals surface area contributed by atoms with Crippen LogP contribution in [0, 0.1) is 0 Å². The molecule has 154 valence electrons. The summed E-state index contributed by atoms with van der Waals surface area (Å²) in [6.07, 6.45) is 1.40. The molecule has 0 atom stereocenters. The van der Waals surface area contributed by atoms with E-state index >= 15 is 0 Å². The van der Waals surface area contributed by atoms with Gasteiger partial charge in [0.2, 0.25) is 5.91 Å². The molecule has 1 heterocycles. The minimum absolute atomic E-state index is 0.205. The van der Waals surface area contributed by atoms with Crippen LogP contribution in [-0.4, -0.2) is 28.0 Å². The SMILES string of the molecule is CNC(=O)c1ccc(Cl)c(NC(=O)Cn2c(=O)ccn(Cc3ccccc3)c2=O)c1. The van der Waals surface area contributed by atoms with Crippen LogP contribution in [0.1, 0.15) is 15.9 Å². The molecule has 0 saturated heterocycles. The molecule has 2 N–H and O–H groups in total. The maximum Gasteiger partial charge on any atom is 0.331 e. The molecule has 0 aliphatic rings. The van der Waals surface area contributed by atoms with Crippen molar-refractivity contribution in [1.29, 1.82) is 0 Å². The standard InChI is InChI=1S/C21H19ClN4O4/c1-23-20(29)15-7-8-16(22)17(11-15)24-18(27)13-26-19(28)9-10-25(21(26)30)12-14-5-3-2-4-6-14/h2-11H,12-13H2,1H3,(H,23,29)(H,24,27). The Bertz CT molecular complexity index is 1200. The number of rotatable bonds is 6. The highest BCUT2D eigenvalue weighted by molar-refractivity contribution is 6.33. The van der Waals surface area contributed by atoms with Gasteiger partial charge in [-0.3, -0.25) is 23.5 Å². The number of anilines is 1. The highest BCUT2D eigenvalue weighted by Crippen LogP contribution is 2.23. The van der Waals surface area contributed by atoms with Crippen molar-refractivity contribution in [2.45, 2.75) is 13.1 Å². The molecule has 2 amide bonds. The van der Waals surface area contributed by atoms with Gasteiger partial charge in [0, 0.05) is 24.9 Å². The zero-order valence-electron chi connectivity index (χ0n) is 16.1. The lowest BCUT2D eigenvalue weighted by Crippen LogP contribution is -2.41. The first-order valence-corrected chi connectivity index (χ1v) is 9.42.